The van der Waals surface area contributed by atoms with Gasteiger partial charge < -0.3 is 14.5 Å². The number of para-hydroxylation sites is 2. The zero-order valence-corrected chi connectivity index (χ0v) is 18.6. The number of hydrogen-bond acceptors (Lipinski definition) is 4. The molecule has 2 heterocycles. The van der Waals surface area contributed by atoms with E-state index in [1.165, 1.54) is 5.56 Å². The molecule has 7 heteroatoms. The minimum Gasteiger partial charge on any atom is -0.479 e. The van der Waals surface area contributed by atoms with Crippen molar-refractivity contribution in [2.75, 3.05) is 37.6 Å². The van der Waals surface area contributed by atoms with Crippen molar-refractivity contribution in [3.63, 3.8) is 0 Å². The van der Waals surface area contributed by atoms with E-state index >= 15 is 0 Å². The van der Waals surface area contributed by atoms with Crippen molar-refractivity contribution in [2.24, 2.45) is 0 Å². The van der Waals surface area contributed by atoms with Crippen molar-refractivity contribution >= 4 is 29.1 Å². The predicted molar refractivity (Wildman–Crippen MR) is 121 cm³/mol. The van der Waals surface area contributed by atoms with Gasteiger partial charge in [-0.1, -0.05) is 35.9 Å². The highest BCUT2D eigenvalue weighted by molar-refractivity contribution is 6.30. The Morgan fingerprint density at radius 2 is 1.84 bits per heavy atom. The molecule has 2 aliphatic rings. The van der Waals surface area contributed by atoms with Crippen molar-refractivity contribution in [1.82, 2.24) is 9.80 Å². The molecule has 6 nitrogen and oxygen atoms in total. The fourth-order valence-electron chi connectivity index (χ4n) is 4.18. The third-order valence-corrected chi connectivity index (χ3v) is 6.14. The van der Waals surface area contributed by atoms with Crippen LogP contribution in [0.3, 0.4) is 0 Å². The molecule has 0 bridgehead atoms. The lowest BCUT2D eigenvalue weighted by Gasteiger charge is -2.33. The molecule has 2 amide bonds. The van der Waals surface area contributed by atoms with Crippen LogP contribution in [0.4, 0.5) is 5.69 Å². The summed E-state index contributed by atoms with van der Waals surface area (Å²) in [5.41, 5.74) is 1.96. The first kappa shape index (κ1) is 21.7. The highest BCUT2D eigenvalue weighted by atomic mass is 35.5. The quantitative estimate of drug-likeness (QED) is 0.711. The van der Waals surface area contributed by atoms with Crippen LogP contribution in [0, 0.1) is 0 Å². The van der Waals surface area contributed by atoms with E-state index in [-0.39, 0.29) is 11.8 Å². The van der Waals surface area contributed by atoms with Crippen LogP contribution in [-0.4, -0.2) is 60.4 Å². The molecule has 2 aliphatic heterocycles. The number of fused-ring (bicyclic) bond motifs is 1. The maximum atomic E-state index is 12.9. The molecule has 1 saturated heterocycles. The molecule has 1 fully saturated rings. The van der Waals surface area contributed by atoms with Gasteiger partial charge in [-0.15, -0.1) is 0 Å². The summed E-state index contributed by atoms with van der Waals surface area (Å²) in [4.78, 5) is 31.5. The molecule has 0 saturated carbocycles. The molecule has 0 aliphatic carbocycles. The molecule has 0 spiro atoms. The summed E-state index contributed by atoms with van der Waals surface area (Å²) in [5, 5.41) is 0.743. The van der Waals surface area contributed by atoms with Gasteiger partial charge in [-0.2, -0.15) is 0 Å². The van der Waals surface area contributed by atoms with Crippen molar-refractivity contribution in [1.29, 1.82) is 0 Å². The summed E-state index contributed by atoms with van der Waals surface area (Å²) < 4.78 is 5.68. The average molecular weight is 442 g/mol. The summed E-state index contributed by atoms with van der Waals surface area (Å²) >= 11 is 5.98. The van der Waals surface area contributed by atoms with E-state index in [0.29, 0.717) is 25.3 Å². The third kappa shape index (κ3) is 5.20. The first-order valence-corrected chi connectivity index (χ1v) is 11.2. The Hall–Kier alpha value is -2.57. The van der Waals surface area contributed by atoms with E-state index in [0.717, 1.165) is 43.3 Å². The Morgan fingerprint density at radius 3 is 2.65 bits per heavy atom. The molecule has 1 atom stereocenters. The van der Waals surface area contributed by atoms with E-state index in [2.05, 4.69) is 4.90 Å². The van der Waals surface area contributed by atoms with E-state index in [1.54, 1.807) is 11.8 Å². The van der Waals surface area contributed by atoms with Crippen molar-refractivity contribution in [2.45, 2.75) is 32.4 Å². The van der Waals surface area contributed by atoms with Crippen LogP contribution < -0.4 is 9.64 Å². The molecular formula is C24H28ClN3O3. The largest absolute Gasteiger partial charge is 0.479 e. The van der Waals surface area contributed by atoms with Crippen LogP contribution in [0.25, 0.3) is 0 Å². The van der Waals surface area contributed by atoms with Gasteiger partial charge in [0.1, 0.15) is 5.75 Å². The van der Waals surface area contributed by atoms with Gasteiger partial charge in [-0.3, -0.25) is 14.5 Å². The number of amides is 2. The maximum Gasteiger partial charge on any atom is 0.267 e. The van der Waals surface area contributed by atoms with Crippen LogP contribution in [-0.2, 0) is 16.1 Å². The smallest absolute Gasteiger partial charge is 0.267 e. The number of carbonyl (C=O) groups is 2. The van der Waals surface area contributed by atoms with Crippen LogP contribution in [0.15, 0.2) is 48.5 Å². The number of rotatable bonds is 5. The van der Waals surface area contributed by atoms with E-state index in [4.69, 9.17) is 16.3 Å². The maximum absolute atomic E-state index is 12.9. The normalized spacial score (nSPS) is 19.5. The minimum absolute atomic E-state index is 0.0952. The van der Waals surface area contributed by atoms with Gasteiger partial charge in [0.15, 0.2) is 6.10 Å². The molecule has 0 aromatic heterocycles. The summed E-state index contributed by atoms with van der Waals surface area (Å²) in [6.07, 6.45) is 0.712. The van der Waals surface area contributed by atoms with Gasteiger partial charge in [0, 0.05) is 50.7 Å². The highest BCUT2D eigenvalue weighted by Gasteiger charge is 2.31. The molecule has 0 N–H and O–H groups in total. The second-order valence-electron chi connectivity index (χ2n) is 8.10. The van der Waals surface area contributed by atoms with E-state index in [1.807, 2.05) is 53.4 Å². The number of carbonyl (C=O) groups excluding carboxylic acids is 2. The van der Waals surface area contributed by atoms with Crippen LogP contribution in [0.5, 0.6) is 5.75 Å². The van der Waals surface area contributed by atoms with Gasteiger partial charge in [-0.25, -0.2) is 0 Å². The lowest BCUT2D eigenvalue weighted by molar-refractivity contribution is -0.131. The van der Waals surface area contributed by atoms with Gasteiger partial charge in [0.25, 0.3) is 5.91 Å². The Balaban J connectivity index is 1.32. The molecular weight excluding hydrogens is 414 g/mol. The Kier molecular flexibility index (Phi) is 6.78. The molecule has 31 heavy (non-hydrogen) atoms. The lowest BCUT2D eigenvalue weighted by atomic mass is 10.1. The van der Waals surface area contributed by atoms with Crippen molar-refractivity contribution in [3.8, 4) is 5.75 Å². The zero-order chi connectivity index (χ0) is 21.8. The zero-order valence-electron chi connectivity index (χ0n) is 17.8. The standard InChI is InChI=1S/C24H28ClN3O3/c1-18-24(30)28(21-5-2-3-6-22(21)31-18)14-11-23(29)27-13-4-12-26(15-16-27)17-19-7-9-20(25)10-8-19/h2-3,5-10,18H,4,11-17H2,1H3. The molecule has 164 valence electrons. The fourth-order valence-corrected chi connectivity index (χ4v) is 4.31. The Labute approximate surface area is 188 Å². The monoisotopic (exact) mass is 441 g/mol. The molecule has 0 radical (unpaired) electrons. The first-order chi connectivity index (χ1) is 15.0. The second-order valence-corrected chi connectivity index (χ2v) is 8.54. The molecule has 1 unspecified atom stereocenters. The summed E-state index contributed by atoms with van der Waals surface area (Å²) in [6, 6.07) is 15.4. The summed E-state index contributed by atoms with van der Waals surface area (Å²) in [5.74, 6) is 0.684. The third-order valence-electron chi connectivity index (χ3n) is 5.88. The summed E-state index contributed by atoms with van der Waals surface area (Å²) in [6.45, 7) is 6.22. The minimum atomic E-state index is -0.537. The van der Waals surface area contributed by atoms with E-state index in [9.17, 15) is 9.59 Å². The molecule has 2 aromatic rings. The number of nitrogens with zero attached hydrogens (tertiary/aromatic N) is 3. The summed E-state index contributed by atoms with van der Waals surface area (Å²) in [7, 11) is 0. The van der Waals surface area contributed by atoms with E-state index < -0.39 is 6.10 Å². The van der Waals surface area contributed by atoms with Crippen LogP contribution in [0.1, 0.15) is 25.3 Å². The molecule has 2 aromatic carbocycles. The Bertz CT molecular complexity index is 934. The topological polar surface area (TPSA) is 53.1 Å². The SMILES string of the molecule is CC1Oc2ccccc2N(CCC(=O)N2CCCN(Cc3ccc(Cl)cc3)CC2)C1=O. The van der Waals surface area contributed by atoms with Crippen LogP contribution in [0.2, 0.25) is 5.02 Å². The molecule has 4 rings (SSSR count). The Morgan fingerprint density at radius 1 is 1.06 bits per heavy atom. The van der Waals surface area contributed by atoms with Crippen molar-refractivity contribution in [3.05, 3.63) is 59.1 Å². The average Bonchev–Trinajstić information content (AvgIpc) is 3.01. The van der Waals surface area contributed by atoms with Crippen LogP contribution >= 0.6 is 11.6 Å². The van der Waals surface area contributed by atoms with Gasteiger partial charge >= 0.3 is 0 Å². The number of halogens is 1. The van der Waals surface area contributed by atoms with Gasteiger partial charge in [0.05, 0.1) is 5.69 Å². The number of hydrogen-bond donors (Lipinski definition) is 0. The van der Waals surface area contributed by atoms with Gasteiger partial charge in [-0.05, 0) is 43.2 Å². The number of anilines is 1. The second kappa shape index (κ2) is 9.71. The number of ether oxygens (including phenoxy) is 1. The predicted octanol–water partition coefficient (Wildman–Crippen LogP) is 3.58. The fraction of sp³-hybridized carbons (Fsp3) is 0.417. The van der Waals surface area contributed by atoms with Gasteiger partial charge in [0.2, 0.25) is 5.91 Å². The van der Waals surface area contributed by atoms with Crippen molar-refractivity contribution < 1.29 is 14.3 Å². The first-order valence-electron chi connectivity index (χ1n) is 10.8. The lowest BCUT2D eigenvalue weighted by Crippen LogP contribution is -2.46. The number of benzene rings is 2. The highest BCUT2D eigenvalue weighted by Crippen LogP contribution is 2.33.